The number of hydrogen-bond donors (Lipinski definition) is 1. The van der Waals surface area contributed by atoms with Crippen LogP contribution in [-0.4, -0.2) is 61.4 Å². The molecule has 0 spiro atoms. The van der Waals surface area contributed by atoms with Crippen molar-refractivity contribution >= 4 is 11.8 Å². The summed E-state index contributed by atoms with van der Waals surface area (Å²) < 4.78 is 0. The highest BCUT2D eigenvalue weighted by Crippen LogP contribution is 2.19. The predicted octanol–water partition coefficient (Wildman–Crippen LogP) is -0.157. The number of nitrogens with zero attached hydrogens (tertiary/aromatic N) is 2. The second kappa shape index (κ2) is 6.00. The van der Waals surface area contributed by atoms with Gasteiger partial charge in [0.15, 0.2) is 0 Å². The van der Waals surface area contributed by atoms with Crippen molar-refractivity contribution in [3.05, 3.63) is 12.2 Å². The second-order valence-corrected chi connectivity index (χ2v) is 4.96. The van der Waals surface area contributed by atoms with E-state index in [-0.39, 0.29) is 24.3 Å². The number of carbonyl (C=O) groups excluding carboxylic acids is 2. The lowest BCUT2D eigenvalue weighted by Crippen LogP contribution is -2.50. The van der Waals surface area contributed by atoms with E-state index in [4.69, 9.17) is 0 Å². The van der Waals surface area contributed by atoms with Gasteiger partial charge in [0.05, 0.1) is 6.54 Å². The van der Waals surface area contributed by atoms with E-state index < -0.39 is 0 Å². The second-order valence-electron chi connectivity index (χ2n) is 4.96. The summed E-state index contributed by atoms with van der Waals surface area (Å²) in [7, 11) is 1.72. The van der Waals surface area contributed by atoms with Crippen molar-refractivity contribution in [3.8, 4) is 0 Å². The van der Waals surface area contributed by atoms with Crippen molar-refractivity contribution in [1.82, 2.24) is 15.1 Å². The van der Waals surface area contributed by atoms with Crippen LogP contribution in [0.1, 0.15) is 12.8 Å². The Morgan fingerprint density at radius 2 is 1.89 bits per heavy atom. The predicted molar refractivity (Wildman–Crippen MR) is 69.0 cm³/mol. The summed E-state index contributed by atoms with van der Waals surface area (Å²) in [4.78, 5) is 27.5. The van der Waals surface area contributed by atoms with Crippen LogP contribution in [0.25, 0.3) is 0 Å². The maximum atomic E-state index is 12.1. The van der Waals surface area contributed by atoms with E-state index >= 15 is 0 Å². The smallest absolute Gasteiger partial charge is 0.242 e. The third-order valence-corrected chi connectivity index (χ3v) is 3.58. The van der Waals surface area contributed by atoms with Crippen LogP contribution in [0, 0.1) is 5.92 Å². The van der Waals surface area contributed by atoms with Gasteiger partial charge in [-0.3, -0.25) is 9.59 Å². The number of hydrogen-bond acceptors (Lipinski definition) is 3. The average Bonchev–Trinajstić information content (AvgIpc) is 2.92. The maximum Gasteiger partial charge on any atom is 0.242 e. The molecular weight excluding hydrogens is 230 g/mol. The van der Waals surface area contributed by atoms with E-state index in [0.717, 1.165) is 39.0 Å². The Balaban J connectivity index is 1.80. The fourth-order valence-electron chi connectivity index (χ4n) is 2.43. The zero-order chi connectivity index (χ0) is 13.0. The number of nitrogens with one attached hydrogen (secondary N) is 1. The van der Waals surface area contributed by atoms with Gasteiger partial charge in [-0.05, 0) is 12.8 Å². The molecule has 18 heavy (non-hydrogen) atoms. The fourth-order valence-corrected chi connectivity index (χ4v) is 2.43. The molecule has 2 rings (SSSR count). The topological polar surface area (TPSA) is 52.7 Å². The number of carbonyl (C=O) groups is 2. The van der Waals surface area contributed by atoms with E-state index in [9.17, 15) is 9.59 Å². The molecular formula is C13H21N3O2. The number of likely N-dealkylation sites (N-methyl/N-ethyl adjacent to an activating group) is 1. The highest BCUT2D eigenvalue weighted by atomic mass is 16.2. The summed E-state index contributed by atoms with van der Waals surface area (Å²) in [5.74, 6) is 0.188. The first-order chi connectivity index (χ1) is 8.68. The number of amides is 2. The zero-order valence-corrected chi connectivity index (χ0v) is 10.9. The van der Waals surface area contributed by atoms with Crippen molar-refractivity contribution in [2.75, 3.05) is 39.8 Å². The number of allylic oxidation sites excluding steroid dienone is 2. The first kappa shape index (κ1) is 13.1. The van der Waals surface area contributed by atoms with Gasteiger partial charge in [-0.2, -0.15) is 0 Å². The molecule has 1 N–H and O–H groups in total. The van der Waals surface area contributed by atoms with Crippen LogP contribution in [-0.2, 0) is 9.59 Å². The van der Waals surface area contributed by atoms with Crippen LogP contribution in [0.5, 0.6) is 0 Å². The lowest BCUT2D eigenvalue weighted by molar-refractivity contribution is -0.141. The molecule has 1 aliphatic carbocycles. The van der Waals surface area contributed by atoms with Crippen molar-refractivity contribution in [1.29, 1.82) is 0 Å². The standard InChI is InChI=1S/C13H21N3O2/c1-15(13(18)11-4-2-3-5-11)10-12(17)16-8-6-14-7-9-16/h2-3,11,14H,4-10H2,1H3. The fraction of sp³-hybridized carbons (Fsp3) is 0.692. The van der Waals surface area contributed by atoms with Crippen LogP contribution in [0.4, 0.5) is 0 Å². The molecule has 0 radical (unpaired) electrons. The normalized spacial score (nSPS) is 20.2. The van der Waals surface area contributed by atoms with E-state index in [1.54, 1.807) is 11.9 Å². The van der Waals surface area contributed by atoms with E-state index in [1.165, 1.54) is 0 Å². The molecule has 2 aliphatic rings. The first-order valence-corrected chi connectivity index (χ1v) is 6.57. The minimum atomic E-state index is 0.0471. The lowest BCUT2D eigenvalue weighted by Gasteiger charge is -2.29. The summed E-state index contributed by atoms with van der Waals surface area (Å²) in [6.07, 6.45) is 5.69. The largest absolute Gasteiger partial charge is 0.339 e. The van der Waals surface area contributed by atoms with Gasteiger partial charge in [-0.25, -0.2) is 0 Å². The SMILES string of the molecule is CN(CC(=O)N1CCNCC1)C(=O)C1CC=CC1. The van der Waals surface area contributed by atoms with Gasteiger partial charge in [-0.1, -0.05) is 12.2 Å². The third kappa shape index (κ3) is 3.10. The molecule has 0 atom stereocenters. The lowest BCUT2D eigenvalue weighted by atomic mass is 10.1. The van der Waals surface area contributed by atoms with Crippen molar-refractivity contribution in [2.45, 2.75) is 12.8 Å². The first-order valence-electron chi connectivity index (χ1n) is 6.57. The molecule has 0 aromatic heterocycles. The van der Waals surface area contributed by atoms with Crippen LogP contribution in [0.3, 0.4) is 0 Å². The molecule has 5 nitrogen and oxygen atoms in total. The van der Waals surface area contributed by atoms with Crippen LogP contribution >= 0.6 is 0 Å². The molecule has 0 aromatic carbocycles. The zero-order valence-electron chi connectivity index (χ0n) is 10.9. The molecule has 1 saturated heterocycles. The van der Waals surface area contributed by atoms with Gasteiger partial charge >= 0.3 is 0 Å². The van der Waals surface area contributed by atoms with Crippen LogP contribution in [0.2, 0.25) is 0 Å². The number of piperazine rings is 1. The Bertz CT molecular complexity index is 340. The van der Waals surface area contributed by atoms with Gasteiger partial charge in [0.1, 0.15) is 0 Å². The van der Waals surface area contributed by atoms with Crippen molar-refractivity contribution in [3.63, 3.8) is 0 Å². The van der Waals surface area contributed by atoms with Gasteiger partial charge < -0.3 is 15.1 Å². The van der Waals surface area contributed by atoms with E-state index in [2.05, 4.69) is 5.32 Å². The molecule has 0 aromatic rings. The van der Waals surface area contributed by atoms with E-state index in [0.29, 0.717) is 0 Å². The summed E-state index contributed by atoms with van der Waals surface area (Å²) in [6.45, 7) is 3.37. The summed E-state index contributed by atoms with van der Waals surface area (Å²) in [5.41, 5.74) is 0. The third-order valence-electron chi connectivity index (χ3n) is 3.58. The van der Waals surface area contributed by atoms with Crippen molar-refractivity contribution < 1.29 is 9.59 Å². The Morgan fingerprint density at radius 1 is 1.28 bits per heavy atom. The molecule has 2 amide bonds. The van der Waals surface area contributed by atoms with Gasteiger partial charge in [-0.15, -0.1) is 0 Å². The van der Waals surface area contributed by atoms with Gasteiger partial charge in [0.2, 0.25) is 11.8 Å². The minimum Gasteiger partial charge on any atom is -0.339 e. The Kier molecular flexibility index (Phi) is 4.36. The van der Waals surface area contributed by atoms with Gasteiger partial charge in [0.25, 0.3) is 0 Å². The summed E-state index contributed by atoms with van der Waals surface area (Å²) in [5, 5.41) is 3.21. The molecule has 1 fully saturated rings. The van der Waals surface area contributed by atoms with Crippen LogP contribution in [0.15, 0.2) is 12.2 Å². The molecule has 0 unspecified atom stereocenters. The average molecular weight is 251 g/mol. The Morgan fingerprint density at radius 3 is 2.50 bits per heavy atom. The van der Waals surface area contributed by atoms with E-state index in [1.807, 2.05) is 17.1 Å². The molecule has 1 aliphatic heterocycles. The Labute approximate surface area is 108 Å². The van der Waals surface area contributed by atoms with Gasteiger partial charge in [0, 0.05) is 39.1 Å². The van der Waals surface area contributed by atoms with Crippen LogP contribution < -0.4 is 5.32 Å². The summed E-state index contributed by atoms with van der Waals surface area (Å²) >= 11 is 0. The molecule has 0 saturated carbocycles. The maximum absolute atomic E-state index is 12.1. The minimum absolute atomic E-state index is 0.0471. The monoisotopic (exact) mass is 251 g/mol. The molecule has 0 bridgehead atoms. The highest BCUT2D eigenvalue weighted by Gasteiger charge is 2.25. The molecule has 5 heteroatoms. The number of rotatable bonds is 3. The molecule has 100 valence electrons. The molecule has 1 heterocycles. The highest BCUT2D eigenvalue weighted by molar-refractivity contribution is 5.86. The summed E-state index contributed by atoms with van der Waals surface area (Å²) in [6, 6.07) is 0. The van der Waals surface area contributed by atoms with Crippen molar-refractivity contribution in [2.24, 2.45) is 5.92 Å². The Hall–Kier alpha value is -1.36. The quantitative estimate of drug-likeness (QED) is 0.709.